The highest BCUT2D eigenvalue weighted by Crippen LogP contribution is 2.38. The van der Waals surface area contributed by atoms with Crippen LogP contribution in [0.1, 0.15) is 36.7 Å². The van der Waals surface area contributed by atoms with Crippen LogP contribution in [-0.2, 0) is 20.7 Å². The van der Waals surface area contributed by atoms with Crippen molar-refractivity contribution >= 4 is 34.2 Å². The standard InChI is InChI=1S/C30H25NO8S/c1-18-22(14-19-12-13-24-25(15-19)38-17-37-24)27(30(34)35-2)28(40-18)31-26(32)16-36-29(33)21-10-6-7-11-23(21)39-20-8-4-3-5-9-20/h3-13,15H,14,16-17H2,1-2H3,(H,31,32). The molecule has 40 heavy (non-hydrogen) atoms. The fourth-order valence-electron chi connectivity index (χ4n) is 4.16. The average molecular weight is 560 g/mol. The van der Waals surface area contributed by atoms with Gasteiger partial charge in [0.1, 0.15) is 22.1 Å². The van der Waals surface area contributed by atoms with Gasteiger partial charge >= 0.3 is 11.9 Å². The van der Waals surface area contributed by atoms with E-state index in [0.29, 0.717) is 34.4 Å². The number of carbonyl (C=O) groups excluding carboxylic acids is 3. The first kappa shape index (κ1) is 26.8. The first-order valence-electron chi connectivity index (χ1n) is 12.3. The smallest absolute Gasteiger partial charge is 0.342 e. The Hall–Kier alpha value is -4.83. The van der Waals surface area contributed by atoms with Crippen molar-refractivity contribution in [1.29, 1.82) is 0 Å². The van der Waals surface area contributed by atoms with Crippen LogP contribution in [-0.4, -0.2) is 38.4 Å². The quantitative estimate of drug-likeness (QED) is 0.258. The van der Waals surface area contributed by atoms with Gasteiger partial charge in [-0.3, -0.25) is 4.79 Å². The Labute approximate surface area is 234 Å². The molecular formula is C30H25NO8S. The minimum absolute atomic E-state index is 0.163. The van der Waals surface area contributed by atoms with Gasteiger partial charge in [-0.15, -0.1) is 11.3 Å². The third-order valence-electron chi connectivity index (χ3n) is 6.08. The number of amides is 1. The van der Waals surface area contributed by atoms with Crippen LogP contribution < -0.4 is 19.5 Å². The lowest BCUT2D eigenvalue weighted by Crippen LogP contribution is -2.22. The minimum atomic E-state index is -0.722. The molecule has 10 heteroatoms. The number of benzene rings is 3. The zero-order valence-electron chi connectivity index (χ0n) is 21.7. The second-order valence-corrected chi connectivity index (χ2v) is 9.96. The summed E-state index contributed by atoms with van der Waals surface area (Å²) in [6.07, 6.45) is 0.409. The molecule has 0 saturated carbocycles. The summed E-state index contributed by atoms with van der Waals surface area (Å²) in [5.74, 6) is 0.248. The number of hydrogen-bond acceptors (Lipinski definition) is 9. The molecule has 0 fully saturated rings. The molecule has 3 aromatic carbocycles. The number of nitrogens with one attached hydrogen (secondary N) is 1. The number of carbonyl (C=O) groups is 3. The first-order valence-corrected chi connectivity index (χ1v) is 13.1. The highest BCUT2D eigenvalue weighted by molar-refractivity contribution is 7.16. The Kier molecular flexibility index (Phi) is 7.97. The highest BCUT2D eigenvalue weighted by atomic mass is 32.1. The molecule has 5 rings (SSSR count). The van der Waals surface area contributed by atoms with Crippen molar-refractivity contribution in [2.45, 2.75) is 13.3 Å². The van der Waals surface area contributed by atoms with Crippen molar-refractivity contribution < 1.29 is 38.1 Å². The van der Waals surface area contributed by atoms with Gasteiger partial charge in [-0.25, -0.2) is 9.59 Å². The van der Waals surface area contributed by atoms with E-state index in [-0.39, 0.29) is 17.9 Å². The maximum Gasteiger partial charge on any atom is 0.342 e. The van der Waals surface area contributed by atoms with E-state index in [1.165, 1.54) is 18.4 Å². The molecule has 1 amide bonds. The highest BCUT2D eigenvalue weighted by Gasteiger charge is 2.25. The Morgan fingerprint density at radius 3 is 2.48 bits per heavy atom. The van der Waals surface area contributed by atoms with Gasteiger partial charge in [0.2, 0.25) is 6.79 Å². The number of fused-ring (bicyclic) bond motifs is 1. The Morgan fingerprint density at radius 2 is 1.68 bits per heavy atom. The topological polar surface area (TPSA) is 109 Å². The molecule has 0 bridgehead atoms. The summed E-state index contributed by atoms with van der Waals surface area (Å²) in [7, 11) is 1.28. The SMILES string of the molecule is COC(=O)c1c(NC(=O)COC(=O)c2ccccc2Oc2ccccc2)sc(C)c1Cc1ccc2c(c1)OCO2. The van der Waals surface area contributed by atoms with E-state index in [0.717, 1.165) is 16.0 Å². The third kappa shape index (κ3) is 5.92. The number of anilines is 1. The summed E-state index contributed by atoms with van der Waals surface area (Å²) in [6.45, 7) is 1.46. The van der Waals surface area contributed by atoms with Crippen LogP contribution in [0.3, 0.4) is 0 Å². The van der Waals surface area contributed by atoms with Crippen molar-refractivity contribution in [3.05, 3.63) is 99.9 Å². The monoisotopic (exact) mass is 559 g/mol. The molecule has 1 aliphatic heterocycles. The van der Waals surface area contributed by atoms with Gasteiger partial charge in [0, 0.05) is 4.88 Å². The van der Waals surface area contributed by atoms with Crippen LogP contribution >= 0.6 is 11.3 Å². The zero-order chi connectivity index (χ0) is 28.1. The Morgan fingerprint density at radius 1 is 0.925 bits per heavy atom. The number of ether oxygens (including phenoxy) is 5. The number of aryl methyl sites for hydroxylation is 1. The first-order chi connectivity index (χ1) is 19.4. The molecule has 0 spiro atoms. The fourth-order valence-corrected chi connectivity index (χ4v) is 5.24. The fraction of sp³-hybridized carbons (Fsp3) is 0.167. The number of methoxy groups -OCH3 is 1. The molecule has 1 aromatic heterocycles. The van der Waals surface area contributed by atoms with E-state index < -0.39 is 24.5 Å². The van der Waals surface area contributed by atoms with E-state index in [2.05, 4.69) is 5.32 Å². The molecule has 2 heterocycles. The van der Waals surface area contributed by atoms with Crippen molar-refractivity contribution in [3.8, 4) is 23.0 Å². The summed E-state index contributed by atoms with van der Waals surface area (Å²) in [4.78, 5) is 39.2. The van der Waals surface area contributed by atoms with E-state index in [9.17, 15) is 14.4 Å². The molecule has 1 N–H and O–H groups in total. The van der Waals surface area contributed by atoms with E-state index >= 15 is 0 Å². The lowest BCUT2D eigenvalue weighted by Gasteiger charge is -2.11. The van der Waals surface area contributed by atoms with Gasteiger partial charge in [-0.1, -0.05) is 36.4 Å². The van der Waals surface area contributed by atoms with Crippen LogP contribution in [0.25, 0.3) is 0 Å². The maximum atomic E-state index is 12.8. The molecule has 0 saturated heterocycles. The normalized spacial score (nSPS) is 11.6. The summed E-state index contributed by atoms with van der Waals surface area (Å²) >= 11 is 1.24. The zero-order valence-corrected chi connectivity index (χ0v) is 22.5. The number of thiophene rings is 1. The van der Waals surface area contributed by atoms with Crippen LogP contribution in [0, 0.1) is 6.92 Å². The number of esters is 2. The number of hydrogen-bond donors (Lipinski definition) is 1. The van der Waals surface area contributed by atoms with Crippen LogP contribution in [0.4, 0.5) is 5.00 Å². The van der Waals surface area contributed by atoms with Gasteiger partial charge in [-0.05, 0) is 60.9 Å². The van der Waals surface area contributed by atoms with E-state index in [4.69, 9.17) is 23.7 Å². The molecule has 0 unspecified atom stereocenters. The summed E-state index contributed by atoms with van der Waals surface area (Å²) in [5, 5.41) is 3.02. The third-order valence-corrected chi connectivity index (χ3v) is 7.14. The molecule has 204 valence electrons. The summed E-state index contributed by atoms with van der Waals surface area (Å²) in [6, 6.07) is 21.2. The lowest BCUT2D eigenvalue weighted by molar-refractivity contribution is -0.119. The van der Waals surface area contributed by atoms with Crippen molar-refractivity contribution in [3.63, 3.8) is 0 Å². The predicted molar refractivity (Wildman–Crippen MR) is 148 cm³/mol. The molecule has 1 aliphatic rings. The van der Waals surface area contributed by atoms with Gasteiger partial charge < -0.3 is 29.0 Å². The molecule has 0 atom stereocenters. The maximum absolute atomic E-state index is 12.8. The van der Waals surface area contributed by atoms with E-state index in [1.807, 2.05) is 43.3 Å². The summed E-state index contributed by atoms with van der Waals surface area (Å²) < 4.78 is 26.9. The average Bonchev–Trinajstić information content (AvgIpc) is 3.55. The summed E-state index contributed by atoms with van der Waals surface area (Å²) in [5.41, 5.74) is 2.05. The van der Waals surface area contributed by atoms with Crippen molar-refractivity contribution in [2.75, 3.05) is 25.8 Å². The molecular weight excluding hydrogens is 534 g/mol. The van der Waals surface area contributed by atoms with Crippen molar-refractivity contribution in [1.82, 2.24) is 0 Å². The largest absolute Gasteiger partial charge is 0.465 e. The van der Waals surface area contributed by atoms with Gasteiger partial charge in [0.15, 0.2) is 18.1 Å². The Bertz CT molecular complexity index is 1560. The second kappa shape index (κ2) is 11.9. The molecule has 0 aliphatic carbocycles. The molecule has 0 radical (unpaired) electrons. The number of rotatable bonds is 9. The minimum Gasteiger partial charge on any atom is -0.465 e. The van der Waals surface area contributed by atoms with Gasteiger partial charge in [0.05, 0.1) is 12.7 Å². The van der Waals surface area contributed by atoms with Gasteiger partial charge in [0.25, 0.3) is 5.91 Å². The van der Waals surface area contributed by atoms with Crippen LogP contribution in [0.15, 0.2) is 72.8 Å². The second-order valence-electron chi connectivity index (χ2n) is 8.73. The molecule has 9 nitrogen and oxygen atoms in total. The van der Waals surface area contributed by atoms with Crippen molar-refractivity contribution in [2.24, 2.45) is 0 Å². The van der Waals surface area contributed by atoms with E-state index in [1.54, 1.807) is 36.4 Å². The van der Waals surface area contributed by atoms with Gasteiger partial charge in [-0.2, -0.15) is 0 Å². The Balaban J connectivity index is 1.28. The van der Waals surface area contributed by atoms with Crippen LogP contribution in [0.5, 0.6) is 23.0 Å². The molecule has 4 aromatic rings. The predicted octanol–water partition coefficient (Wildman–Crippen LogP) is 5.75. The van der Waals surface area contributed by atoms with Crippen LogP contribution in [0.2, 0.25) is 0 Å². The lowest BCUT2D eigenvalue weighted by atomic mass is 10.0. The number of para-hydroxylation sites is 2.